The monoisotopic (exact) mass is 695 g/mol. The van der Waals surface area contributed by atoms with Gasteiger partial charge in [-0.25, -0.2) is 0 Å². The molecule has 0 fully saturated rings. The number of hydrogen-bond acceptors (Lipinski definition) is 4. The van der Waals surface area contributed by atoms with E-state index in [1.165, 1.54) is 121 Å². The topological polar surface area (TPSA) is 20.3 Å². The van der Waals surface area contributed by atoms with Gasteiger partial charge < -0.3 is 4.90 Å². The second-order valence-electron chi connectivity index (χ2n) is 14.6. The minimum atomic E-state index is -1.98. The van der Waals surface area contributed by atoms with Crippen LogP contribution in [0, 0.1) is 25.7 Å². The minimum Gasteiger partial charge on any atom is -0.334 e. The van der Waals surface area contributed by atoms with E-state index in [9.17, 15) is 4.79 Å². The molecule has 0 aliphatic carbocycles. The normalized spacial score (nSPS) is 18.3. The number of amides is 1. The summed E-state index contributed by atoms with van der Waals surface area (Å²) in [6.45, 7) is 18.2. The number of rotatable bonds is 20. The summed E-state index contributed by atoms with van der Waals surface area (Å²) in [7, 11) is -1.98. The molecule has 3 aromatic heterocycles. The van der Waals surface area contributed by atoms with E-state index in [2.05, 4.69) is 76.8 Å². The molecule has 2 aliphatic rings. The smallest absolute Gasteiger partial charge is 0.256 e. The summed E-state index contributed by atoms with van der Waals surface area (Å²) in [6.07, 6.45) is 18.3. The molecule has 0 saturated heterocycles. The van der Waals surface area contributed by atoms with E-state index in [1.807, 2.05) is 22.7 Å². The molecule has 2 atom stereocenters. The summed E-state index contributed by atoms with van der Waals surface area (Å²) in [6, 6.07) is 8.10. The maximum atomic E-state index is 14.0. The highest BCUT2D eigenvalue weighted by atomic mass is 32.1. The third-order valence-corrected chi connectivity index (χ3v) is 20.7. The number of nitrogens with zero attached hydrogens (tertiary/aromatic N) is 1. The van der Waals surface area contributed by atoms with E-state index in [0.29, 0.717) is 5.91 Å². The molecule has 46 heavy (non-hydrogen) atoms. The number of unbranched alkanes of at least 4 members (excludes halogenated alkanes) is 7. The molecule has 0 radical (unpaired) electrons. The molecule has 5 rings (SSSR count). The van der Waals surface area contributed by atoms with Gasteiger partial charge in [0.2, 0.25) is 0 Å². The van der Waals surface area contributed by atoms with Crippen molar-refractivity contribution in [2.75, 3.05) is 6.54 Å². The molecule has 2 aliphatic heterocycles. The van der Waals surface area contributed by atoms with Crippen molar-refractivity contribution in [3.8, 4) is 19.5 Å². The highest BCUT2D eigenvalue weighted by Crippen LogP contribution is 2.50. The summed E-state index contributed by atoms with van der Waals surface area (Å²) < 4.78 is 0. The van der Waals surface area contributed by atoms with Crippen LogP contribution in [0.25, 0.3) is 19.5 Å². The van der Waals surface area contributed by atoms with Gasteiger partial charge in [0.25, 0.3) is 5.91 Å². The Balaban J connectivity index is 1.51. The van der Waals surface area contributed by atoms with Gasteiger partial charge in [0.15, 0.2) is 0 Å². The number of carbonyl (C=O) groups excluding carboxylic acids is 1. The Labute approximate surface area is 294 Å². The standard InChI is InChI=1S/C40H61NOS3Si/c1-8-13-16-17-18-19-22-41-25-32-29(7)44-37(36(32)40(41)42)33-24-35-39(45-33)38-34(23-28(6)43-38)46(35,26-30(11-4)20-14-9-2)27-31(12-5)21-15-10-3/h23-24,30-31H,8-22,25-27H2,1-7H3. The number of fused-ring (bicyclic) bond motifs is 4. The van der Waals surface area contributed by atoms with Gasteiger partial charge in [0.05, 0.1) is 10.4 Å². The summed E-state index contributed by atoms with van der Waals surface area (Å²) in [5.74, 6) is 1.91. The Bertz CT molecular complexity index is 1430. The van der Waals surface area contributed by atoms with Gasteiger partial charge in [-0.15, -0.1) is 34.0 Å². The van der Waals surface area contributed by atoms with E-state index in [1.54, 1.807) is 20.1 Å². The van der Waals surface area contributed by atoms with Gasteiger partial charge in [0, 0.05) is 37.5 Å². The summed E-state index contributed by atoms with van der Waals surface area (Å²) in [5.41, 5.74) is 2.36. The molecule has 0 N–H and O–H groups in total. The summed E-state index contributed by atoms with van der Waals surface area (Å²) in [4.78, 5) is 24.8. The van der Waals surface area contributed by atoms with Crippen molar-refractivity contribution in [3.05, 3.63) is 33.0 Å². The summed E-state index contributed by atoms with van der Waals surface area (Å²) >= 11 is 5.99. The number of aryl methyl sites for hydroxylation is 2. The van der Waals surface area contributed by atoms with Crippen LogP contribution >= 0.6 is 34.0 Å². The predicted octanol–water partition coefficient (Wildman–Crippen LogP) is 12.4. The summed E-state index contributed by atoms with van der Waals surface area (Å²) in [5, 5.41) is 3.52. The van der Waals surface area contributed by atoms with Crippen LogP contribution in [0.3, 0.4) is 0 Å². The van der Waals surface area contributed by atoms with E-state index < -0.39 is 8.07 Å². The molecule has 1 amide bonds. The van der Waals surface area contributed by atoms with E-state index in [0.717, 1.165) is 36.9 Å². The lowest BCUT2D eigenvalue weighted by atomic mass is 10.0. The van der Waals surface area contributed by atoms with Crippen LogP contribution < -0.4 is 10.4 Å². The van der Waals surface area contributed by atoms with Crippen molar-refractivity contribution in [1.82, 2.24) is 4.90 Å². The zero-order valence-corrected chi connectivity index (χ0v) is 33.6. The fraction of sp³-hybridized carbons (Fsp3) is 0.675. The predicted molar refractivity (Wildman–Crippen MR) is 210 cm³/mol. The van der Waals surface area contributed by atoms with E-state index in [4.69, 9.17) is 0 Å². The average Bonchev–Trinajstić information content (AvgIpc) is 3.84. The lowest BCUT2D eigenvalue weighted by Crippen LogP contribution is -2.56. The van der Waals surface area contributed by atoms with Crippen LogP contribution in [0.15, 0.2) is 12.1 Å². The first-order valence-corrected chi connectivity index (χ1v) is 23.8. The Kier molecular flexibility index (Phi) is 12.9. The average molecular weight is 696 g/mol. The first kappa shape index (κ1) is 36.1. The third-order valence-electron chi connectivity index (χ3n) is 11.2. The van der Waals surface area contributed by atoms with Crippen LogP contribution in [0.2, 0.25) is 12.1 Å². The second kappa shape index (κ2) is 16.5. The van der Waals surface area contributed by atoms with E-state index >= 15 is 0 Å². The number of hydrogen-bond donors (Lipinski definition) is 0. The third kappa shape index (κ3) is 7.35. The van der Waals surface area contributed by atoms with Crippen molar-refractivity contribution in [2.45, 2.75) is 157 Å². The Morgan fingerprint density at radius 1 is 0.717 bits per heavy atom. The molecule has 6 heteroatoms. The van der Waals surface area contributed by atoms with Crippen molar-refractivity contribution in [2.24, 2.45) is 11.8 Å². The van der Waals surface area contributed by atoms with Gasteiger partial charge in [-0.05, 0) is 72.3 Å². The molecular weight excluding hydrogens is 635 g/mol. The fourth-order valence-electron chi connectivity index (χ4n) is 8.46. The Hall–Kier alpha value is -1.21. The molecule has 0 saturated carbocycles. The Morgan fingerprint density at radius 2 is 1.30 bits per heavy atom. The van der Waals surface area contributed by atoms with Gasteiger partial charge in [-0.3, -0.25) is 4.79 Å². The lowest BCUT2D eigenvalue weighted by Gasteiger charge is -2.35. The first-order chi connectivity index (χ1) is 22.3. The zero-order chi connectivity index (χ0) is 32.8. The van der Waals surface area contributed by atoms with Crippen molar-refractivity contribution in [1.29, 1.82) is 0 Å². The van der Waals surface area contributed by atoms with Crippen LogP contribution in [0.5, 0.6) is 0 Å². The second-order valence-corrected chi connectivity index (χ2v) is 22.2. The molecule has 254 valence electrons. The van der Waals surface area contributed by atoms with E-state index in [-0.39, 0.29) is 0 Å². The van der Waals surface area contributed by atoms with Crippen molar-refractivity contribution < 1.29 is 4.79 Å². The molecule has 0 spiro atoms. The number of thiophene rings is 3. The highest BCUT2D eigenvalue weighted by Gasteiger charge is 2.50. The maximum absolute atomic E-state index is 14.0. The largest absolute Gasteiger partial charge is 0.334 e. The number of carbonyl (C=O) groups is 1. The maximum Gasteiger partial charge on any atom is 0.256 e. The van der Waals surface area contributed by atoms with Crippen LogP contribution in [-0.4, -0.2) is 25.4 Å². The molecule has 0 aromatic carbocycles. The fourth-order valence-corrected chi connectivity index (χ4v) is 20.1. The Morgan fingerprint density at radius 3 is 1.93 bits per heavy atom. The van der Waals surface area contributed by atoms with Gasteiger partial charge in [-0.1, -0.05) is 118 Å². The molecule has 3 aromatic rings. The van der Waals surface area contributed by atoms with Crippen LogP contribution in [-0.2, 0) is 6.54 Å². The molecule has 2 nitrogen and oxygen atoms in total. The lowest BCUT2D eigenvalue weighted by molar-refractivity contribution is 0.0776. The highest BCUT2D eigenvalue weighted by molar-refractivity contribution is 7.32. The van der Waals surface area contributed by atoms with Gasteiger partial charge in [-0.2, -0.15) is 0 Å². The molecule has 0 bridgehead atoms. The SMILES string of the molecule is CCCCCCCCN1Cc2c(C)sc(-c3cc4c(s3)-c3sc(C)cc3[Si]4(CC(CC)CCCC)CC(CC)CCCC)c2C1=O. The first-order valence-electron chi connectivity index (χ1n) is 19.0. The molecule has 5 heterocycles. The van der Waals surface area contributed by atoms with Gasteiger partial charge in [0.1, 0.15) is 8.07 Å². The van der Waals surface area contributed by atoms with Crippen LogP contribution in [0.1, 0.15) is 150 Å². The van der Waals surface area contributed by atoms with Gasteiger partial charge >= 0.3 is 0 Å². The van der Waals surface area contributed by atoms with Crippen molar-refractivity contribution >= 4 is 58.4 Å². The zero-order valence-electron chi connectivity index (χ0n) is 30.1. The molecular formula is C40H61NOS3Si. The molecule has 2 unspecified atom stereocenters. The van der Waals surface area contributed by atoms with Crippen LogP contribution in [0.4, 0.5) is 0 Å². The van der Waals surface area contributed by atoms with Crippen molar-refractivity contribution in [3.63, 3.8) is 0 Å². The quantitative estimate of drug-likeness (QED) is 0.0851. The minimum absolute atomic E-state index is 0.295.